The molecule has 0 aliphatic heterocycles. The molecule has 4 aliphatic rings. The summed E-state index contributed by atoms with van der Waals surface area (Å²) in [4.78, 5) is 97.3. The van der Waals surface area contributed by atoms with Crippen LogP contribution in [0.1, 0.15) is 156 Å². The molecule has 0 heterocycles. The zero-order chi connectivity index (χ0) is 50.9. The molecule has 4 saturated carbocycles. The second-order valence-electron chi connectivity index (χ2n) is 18.9. The van der Waals surface area contributed by atoms with E-state index in [0.29, 0.717) is 77.8 Å². The van der Waals surface area contributed by atoms with Gasteiger partial charge in [-0.25, -0.2) is 0 Å². The van der Waals surface area contributed by atoms with E-state index in [9.17, 15) is 38.4 Å². The molecule has 4 rings (SSSR count). The summed E-state index contributed by atoms with van der Waals surface area (Å²) in [6.07, 6.45) is 28.6. The van der Waals surface area contributed by atoms with Crippen LogP contribution in [0.15, 0.2) is 48.6 Å². The summed E-state index contributed by atoms with van der Waals surface area (Å²) in [6.45, 7) is 10.6. The molecule has 14 nitrogen and oxygen atoms in total. The first-order valence-corrected chi connectivity index (χ1v) is 26.4. The van der Waals surface area contributed by atoms with Crippen LogP contribution in [0.25, 0.3) is 0 Å². The lowest BCUT2D eigenvalue weighted by molar-refractivity contribution is -0.162. The Kier molecular flexibility index (Phi) is 30.5. The van der Waals surface area contributed by atoms with Crippen molar-refractivity contribution in [1.29, 1.82) is 0 Å². The van der Waals surface area contributed by atoms with Crippen LogP contribution in [0.4, 0.5) is 0 Å². The molecule has 4 aliphatic carbocycles. The van der Waals surface area contributed by atoms with Gasteiger partial charge in [-0.2, -0.15) is 0 Å². The van der Waals surface area contributed by atoms with E-state index < -0.39 is 11.9 Å². The van der Waals surface area contributed by atoms with Crippen molar-refractivity contribution in [3.05, 3.63) is 48.6 Å². The normalized spacial score (nSPS) is 24.7. The molecule has 4 fully saturated rings. The lowest BCUT2D eigenvalue weighted by atomic mass is 9.89. The third kappa shape index (κ3) is 23.2. The van der Waals surface area contributed by atoms with Gasteiger partial charge in [0.05, 0.1) is 46.1 Å². The van der Waals surface area contributed by atoms with E-state index in [4.69, 9.17) is 28.4 Å². The number of ketones is 4. The molecule has 8 unspecified atom stereocenters. The first-order valence-electron chi connectivity index (χ1n) is 26.4. The lowest BCUT2D eigenvalue weighted by Crippen LogP contribution is -2.24. The van der Waals surface area contributed by atoms with Gasteiger partial charge in [0, 0.05) is 68.6 Å². The van der Waals surface area contributed by atoms with E-state index in [-0.39, 0.29) is 135 Å². The predicted octanol–water partition coefficient (Wildman–Crippen LogP) is 9.55. The van der Waals surface area contributed by atoms with Crippen molar-refractivity contribution in [2.24, 2.45) is 47.3 Å². The van der Waals surface area contributed by atoms with E-state index in [1.807, 2.05) is 31.2 Å². The number of allylic oxidation sites excluding steroid dienone is 8. The van der Waals surface area contributed by atoms with E-state index >= 15 is 0 Å². The van der Waals surface area contributed by atoms with Gasteiger partial charge >= 0.3 is 23.9 Å². The minimum Gasteiger partial charge on any atom is -0.463 e. The summed E-state index contributed by atoms with van der Waals surface area (Å²) in [6, 6.07) is 0. The molecule has 0 aromatic carbocycles. The average molecular weight is 981 g/mol. The standard InChI is InChI=1S/C32H50O9.C24H34O5/c1-3-5-7-9-27-25(11-13-29(27)33)23-31(35)40-21-19-38-17-15-37-16-18-39-20-22-41-32(36)24-26-12-14-30(34)28(26)10-8-6-4-2;1-3-5-7-9-17-11-13-22(26)20(17)16-24(28)29-23(27)15-18-12-14-21(25)19(18)10-8-6-4-2/h5-8,25-28H,3-4,9-24H2,1-2H3;5-8,17-20H,3-4,9-16H2,1-2H3/b2*7-5-,8-6-. The van der Waals surface area contributed by atoms with Gasteiger partial charge in [0.15, 0.2) is 0 Å². The van der Waals surface area contributed by atoms with Crippen molar-refractivity contribution in [3.8, 4) is 0 Å². The summed E-state index contributed by atoms with van der Waals surface area (Å²) in [5.74, 6) is -1.42. The highest BCUT2D eigenvalue weighted by Gasteiger charge is 2.39. The minimum absolute atomic E-state index is 0.0263. The van der Waals surface area contributed by atoms with Gasteiger partial charge in [0.1, 0.15) is 36.3 Å². The second-order valence-corrected chi connectivity index (χ2v) is 18.9. The van der Waals surface area contributed by atoms with Crippen LogP contribution in [-0.2, 0) is 66.8 Å². The van der Waals surface area contributed by atoms with Crippen molar-refractivity contribution in [2.45, 2.75) is 156 Å². The topological polar surface area (TPSA) is 192 Å². The summed E-state index contributed by atoms with van der Waals surface area (Å²) in [5, 5.41) is 0. The van der Waals surface area contributed by atoms with E-state index in [0.717, 1.165) is 51.4 Å². The summed E-state index contributed by atoms with van der Waals surface area (Å²) < 4.78 is 31.9. The quantitative estimate of drug-likeness (QED) is 0.0203. The van der Waals surface area contributed by atoms with Crippen LogP contribution in [0, 0.1) is 47.3 Å². The second kappa shape index (κ2) is 35.7. The number of carbonyl (C=O) groups is 8. The van der Waals surface area contributed by atoms with Crippen molar-refractivity contribution in [3.63, 3.8) is 0 Å². The van der Waals surface area contributed by atoms with Crippen LogP contribution in [0.2, 0.25) is 0 Å². The van der Waals surface area contributed by atoms with Gasteiger partial charge in [0.25, 0.3) is 0 Å². The Morgan fingerprint density at radius 3 is 1.04 bits per heavy atom. The molecule has 70 heavy (non-hydrogen) atoms. The van der Waals surface area contributed by atoms with Crippen LogP contribution in [0.5, 0.6) is 0 Å². The SMILES string of the molecule is CC/C=C\CC1C(=O)CCC1CC(=O)OCCOCCOCCOCCOC(=O)CC1CCC(=O)C1C/C=C\CC.CC/C=C\CC1CCC(=O)C1CC(=O)OC(=O)CC1CCC(=O)C1C/C=C\CC. The van der Waals surface area contributed by atoms with Crippen LogP contribution < -0.4 is 0 Å². The van der Waals surface area contributed by atoms with Gasteiger partial charge in [-0.15, -0.1) is 0 Å². The number of esters is 4. The highest BCUT2D eigenvalue weighted by molar-refractivity contribution is 5.92. The molecule has 0 spiro atoms. The number of ether oxygens (including phenoxy) is 6. The zero-order valence-corrected chi connectivity index (χ0v) is 42.8. The van der Waals surface area contributed by atoms with Crippen LogP contribution in [0.3, 0.4) is 0 Å². The van der Waals surface area contributed by atoms with Crippen molar-refractivity contribution < 1.29 is 66.8 Å². The summed E-state index contributed by atoms with van der Waals surface area (Å²) in [7, 11) is 0. The molecule has 0 aromatic rings. The Morgan fingerprint density at radius 2 is 0.671 bits per heavy atom. The molecular formula is C56H84O14. The first kappa shape index (κ1) is 59.9. The van der Waals surface area contributed by atoms with Crippen molar-refractivity contribution in [1.82, 2.24) is 0 Å². The Morgan fingerprint density at radius 1 is 0.371 bits per heavy atom. The molecule has 8 atom stereocenters. The number of hydrogen-bond acceptors (Lipinski definition) is 14. The molecule has 0 aromatic heterocycles. The zero-order valence-electron chi connectivity index (χ0n) is 42.8. The largest absolute Gasteiger partial charge is 0.463 e. The van der Waals surface area contributed by atoms with Gasteiger partial charge in [-0.3, -0.25) is 38.4 Å². The van der Waals surface area contributed by atoms with Crippen molar-refractivity contribution >= 4 is 47.0 Å². The third-order valence-electron chi connectivity index (χ3n) is 13.8. The smallest absolute Gasteiger partial charge is 0.314 e. The van der Waals surface area contributed by atoms with E-state index in [1.165, 1.54) is 0 Å². The maximum atomic E-state index is 12.3. The fourth-order valence-corrected chi connectivity index (χ4v) is 9.96. The van der Waals surface area contributed by atoms with Crippen molar-refractivity contribution in [2.75, 3.05) is 52.9 Å². The highest BCUT2D eigenvalue weighted by Crippen LogP contribution is 2.37. The minimum atomic E-state index is -0.619. The molecule has 0 N–H and O–H groups in total. The molecule has 0 amide bonds. The van der Waals surface area contributed by atoms with Gasteiger partial charge < -0.3 is 28.4 Å². The Labute approximate surface area is 417 Å². The fraction of sp³-hybridized carbons (Fsp3) is 0.714. The fourth-order valence-electron chi connectivity index (χ4n) is 9.96. The van der Waals surface area contributed by atoms with E-state index in [2.05, 4.69) is 45.1 Å². The summed E-state index contributed by atoms with van der Waals surface area (Å²) >= 11 is 0. The van der Waals surface area contributed by atoms with Gasteiger partial charge in [-0.1, -0.05) is 76.3 Å². The molecular weight excluding hydrogens is 897 g/mol. The number of Topliss-reactive ketones (excluding diaryl/α,β-unsaturated/α-hetero) is 4. The maximum absolute atomic E-state index is 12.3. The molecule has 14 heteroatoms. The molecule has 0 radical (unpaired) electrons. The predicted molar refractivity (Wildman–Crippen MR) is 265 cm³/mol. The summed E-state index contributed by atoms with van der Waals surface area (Å²) in [5.41, 5.74) is 0. The maximum Gasteiger partial charge on any atom is 0.314 e. The Bertz CT molecular complexity index is 1690. The molecule has 392 valence electrons. The highest BCUT2D eigenvalue weighted by atomic mass is 16.6. The van der Waals surface area contributed by atoms with Gasteiger partial charge in [-0.05, 0) is 101 Å². The van der Waals surface area contributed by atoms with E-state index in [1.54, 1.807) is 0 Å². The number of hydrogen-bond donors (Lipinski definition) is 0. The monoisotopic (exact) mass is 981 g/mol. The van der Waals surface area contributed by atoms with Gasteiger partial charge in [0.2, 0.25) is 0 Å². The molecule has 0 bridgehead atoms. The first-order chi connectivity index (χ1) is 33.9. The van der Waals surface area contributed by atoms with Crippen LogP contribution in [-0.4, -0.2) is 99.9 Å². The number of carbonyl (C=O) groups excluding carboxylic acids is 8. The Balaban J connectivity index is 0.000000392. The Hall–Kier alpha value is -4.40. The number of rotatable bonds is 32. The molecule has 0 saturated heterocycles. The third-order valence-corrected chi connectivity index (χ3v) is 13.8. The lowest BCUT2D eigenvalue weighted by Gasteiger charge is -2.17. The average Bonchev–Trinajstić information content (AvgIpc) is 4.08. The van der Waals surface area contributed by atoms with Crippen LogP contribution >= 0.6 is 0 Å².